The van der Waals surface area contributed by atoms with Gasteiger partial charge in [0, 0.05) is 39.4 Å². The molecule has 1 aromatic heterocycles. The third-order valence-electron chi connectivity index (χ3n) is 6.72. The Morgan fingerprint density at radius 3 is 2.40 bits per heavy atom. The Balaban J connectivity index is 1.50. The minimum Gasteiger partial charge on any atom is -0.497 e. The Kier molecular flexibility index (Phi) is 11.2. The van der Waals surface area contributed by atoms with Gasteiger partial charge in [-0.15, -0.1) is 0 Å². The summed E-state index contributed by atoms with van der Waals surface area (Å²) in [6.07, 6.45) is 3.03. The van der Waals surface area contributed by atoms with Gasteiger partial charge in [0.25, 0.3) is 0 Å². The van der Waals surface area contributed by atoms with Crippen LogP contribution in [0.2, 0.25) is 10.0 Å². The van der Waals surface area contributed by atoms with Crippen molar-refractivity contribution in [3.63, 3.8) is 0 Å². The van der Waals surface area contributed by atoms with Gasteiger partial charge in [0.05, 0.1) is 48.6 Å². The van der Waals surface area contributed by atoms with Gasteiger partial charge in [-0.05, 0) is 77.8 Å². The topological polar surface area (TPSA) is 104 Å². The quantitative estimate of drug-likeness (QED) is 0.0793. The van der Waals surface area contributed by atoms with Crippen LogP contribution < -0.4 is 14.2 Å². The first-order valence-electron chi connectivity index (χ1n) is 13.6. The molecule has 1 heterocycles. The van der Waals surface area contributed by atoms with Gasteiger partial charge in [0.2, 0.25) is 0 Å². The molecule has 0 saturated heterocycles. The molecule has 0 atom stereocenters. The van der Waals surface area contributed by atoms with E-state index in [4.69, 9.17) is 48.2 Å². The largest absolute Gasteiger partial charge is 0.497 e. The van der Waals surface area contributed by atoms with E-state index in [2.05, 4.69) is 10.2 Å². The van der Waals surface area contributed by atoms with Crippen LogP contribution in [0.4, 0.5) is 8.78 Å². The zero-order chi connectivity index (χ0) is 33.5. The maximum Gasteiger partial charge on any atom is 0.172 e. The summed E-state index contributed by atoms with van der Waals surface area (Å²) < 4.78 is 48.4. The lowest BCUT2D eigenvalue weighted by molar-refractivity contribution is 0.389. The molecule has 0 aliphatic carbocycles. The van der Waals surface area contributed by atoms with Crippen molar-refractivity contribution in [2.45, 2.75) is 11.4 Å². The number of halogens is 4. The lowest BCUT2D eigenvalue weighted by atomic mass is 10.00. The van der Waals surface area contributed by atoms with Crippen LogP contribution >= 0.6 is 46.9 Å². The number of thioether (sulfide) groups is 1. The number of rotatable bonds is 11. The molecule has 0 spiro atoms. The van der Waals surface area contributed by atoms with Crippen molar-refractivity contribution >= 4 is 57.6 Å². The number of nitrogens with zero attached hydrogens (tertiary/aromatic N) is 3. The molecule has 0 aliphatic rings. The second-order valence-corrected chi connectivity index (χ2v) is 12.4. The lowest BCUT2D eigenvalue weighted by Crippen LogP contribution is -2.21. The summed E-state index contributed by atoms with van der Waals surface area (Å²) in [5, 5.41) is 24.2. The molecule has 4 aromatic carbocycles. The Morgan fingerprint density at radius 1 is 0.872 bits per heavy atom. The van der Waals surface area contributed by atoms with Crippen LogP contribution in [-0.4, -0.2) is 39.4 Å². The Labute approximate surface area is 288 Å². The maximum absolute atomic E-state index is 15.8. The van der Waals surface area contributed by atoms with Crippen molar-refractivity contribution in [2.24, 2.45) is 0 Å². The molecular weight excluding hydrogens is 687 g/mol. The molecule has 14 heteroatoms. The smallest absolute Gasteiger partial charge is 0.172 e. The molecule has 0 fully saturated rings. The number of hydrogen-bond donors (Lipinski definition) is 2. The molecule has 0 amide bonds. The number of benzene rings is 4. The predicted molar refractivity (Wildman–Crippen MR) is 184 cm³/mol. The molecule has 0 radical (unpaired) electrons. The highest BCUT2D eigenvalue weighted by molar-refractivity contribution is 8.25. The van der Waals surface area contributed by atoms with E-state index in [1.807, 2.05) is 0 Å². The minimum atomic E-state index is -0.666. The van der Waals surface area contributed by atoms with Crippen LogP contribution in [0.25, 0.3) is 22.3 Å². The van der Waals surface area contributed by atoms with Crippen LogP contribution in [0.1, 0.15) is 5.56 Å². The van der Waals surface area contributed by atoms with Crippen LogP contribution in [0.3, 0.4) is 0 Å². The van der Waals surface area contributed by atoms with Gasteiger partial charge in [0.15, 0.2) is 5.17 Å². The Morgan fingerprint density at radius 2 is 1.70 bits per heavy atom. The normalized spacial score (nSPS) is 10.8. The van der Waals surface area contributed by atoms with Crippen molar-refractivity contribution in [1.82, 2.24) is 14.5 Å². The molecule has 0 aliphatic heterocycles. The van der Waals surface area contributed by atoms with E-state index in [0.29, 0.717) is 44.3 Å². The van der Waals surface area contributed by atoms with Gasteiger partial charge < -0.3 is 19.6 Å². The first-order chi connectivity index (χ1) is 22.7. The average Bonchev–Trinajstić information content (AvgIpc) is 3.07. The molecule has 0 unspecified atom stereocenters. The number of ether oxygens (including phenoxy) is 3. The summed E-state index contributed by atoms with van der Waals surface area (Å²) in [4.78, 5) is 0.111. The minimum absolute atomic E-state index is 0.0108. The number of amidine groups is 1. The SMILES string of the molecule is COc1ccc(CN(Sc2cc(Cl)c(Oc3cc(-c4cccc(F)c4)c(Cl)cc3-c3ccnnc3)cc2F)C(=N)SC=N)c(OC)c1. The van der Waals surface area contributed by atoms with E-state index in [0.717, 1.165) is 35.3 Å². The molecule has 47 heavy (non-hydrogen) atoms. The van der Waals surface area contributed by atoms with Crippen LogP contribution in [0, 0.1) is 22.5 Å². The van der Waals surface area contributed by atoms with Gasteiger partial charge in [-0.2, -0.15) is 10.2 Å². The van der Waals surface area contributed by atoms with Gasteiger partial charge in [-0.25, -0.2) is 8.78 Å². The highest BCUT2D eigenvalue weighted by Gasteiger charge is 2.21. The van der Waals surface area contributed by atoms with Gasteiger partial charge in [-0.3, -0.25) is 9.71 Å². The molecule has 0 bridgehead atoms. The van der Waals surface area contributed by atoms with E-state index in [1.54, 1.807) is 55.6 Å². The Bertz CT molecular complexity index is 1940. The summed E-state index contributed by atoms with van der Waals surface area (Å²) in [7, 11) is 3.06. The first-order valence-corrected chi connectivity index (χ1v) is 16.1. The van der Waals surface area contributed by atoms with E-state index in [9.17, 15) is 4.39 Å². The third-order valence-corrected chi connectivity index (χ3v) is 9.05. The second kappa shape index (κ2) is 15.5. The molecule has 5 aromatic rings. The van der Waals surface area contributed by atoms with E-state index in [1.165, 1.54) is 42.0 Å². The van der Waals surface area contributed by atoms with Crippen LogP contribution in [-0.2, 0) is 6.54 Å². The maximum atomic E-state index is 15.8. The summed E-state index contributed by atoms with van der Waals surface area (Å²) in [5.74, 6) is 0.283. The summed E-state index contributed by atoms with van der Waals surface area (Å²) in [6, 6.07) is 18.7. The predicted octanol–water partition coefficient (Wildman–Crippen LogP) is 9.99. The fourth-order valence-corrected chi connectivity index (χ4v) is 6.40. The van der Waals surface area contributed by atoms with Gasteiger partial charge >= 0.3 is 0 Å². The highest BCUT2D eigenvalue weighted by Crippen LogP contribution is 2.44. The summed E-state index contributed by atoms with van der Waals surface area (Å²) in [5.41, 5.74) is 3.87. The molecule has 0 saturated carbocycles. The zero-order valence-electron chi connectivity index (χ0n) is 24.8. The van der Waals surface area contributed by atoms with E-state index >= 15 is 4.39 Å². The van der Waals surface area contributed by atoms with Gasteiger partial charge in [-0.1, -0.05) is 35.3 Å². The number of aromatic nitrogens is 2. The lowest BCUT2D eigenvalue weighted by Gasteiger charge is -2.24. The van der Waals surface area contributed by atoms with Crippen molar-refractivity contribution in [3.8, 4) is 45.3 Å². The van der Waals surface area contributed by atoms with Crippen LogP contribution in [0.5, 0.6) is 23.0 Å². The Hall–Kier alpha value is -4.36. The summed E-state index contributed by atoms with van der Waals surface area (Å²) >= 11 is 15.1. The average molecular weight is 713 g/mol. The van der Waals surface area contributed by atoms with Crippen molar-refractivity contribution < 1.29 is 23.0 Å². The molecule has 2 N–H and O–H groups in total. The van der Waals surface area contributed by atoms with Crippen molar-refractivity contribution in [1.29, 1.82) is 10.8 Å². The van der Waals surface area contributed by atoms with Crippen molar-refractivity contribution in [2.75, 3.05) is 14.2 Å². The highest BCUT2D eigenvalue weighted by atomic mass is 35.5. The third kappa shape index (κ3) is 8.14. The molecule has 240 valence electrons. The fraction of sp³-hybridized carbons (Fsp3) is 0.0909. The summed E-state index contributed by atoms with van der Waals surface area (Å²) in [6.45, 7) is 0.143. The standard InChI is InChI=1S/C33H25Cl2F2N5O3S2/c1-43-23-7-6-21(29(11-23)44-2)17-42(33(39)46-18-38)47-32-14-27(35)31(15-28(32)37)45-30-13-24(19-4-3-5-22(36)10-19)26(34)12-25(30)20-8-9-40-41-16-20/h3-16,18,38-39H,17H2,1-2H3. The van der Waals surface area contributed by atoms with Gasteiger partial charge in [0.1, 0.15) is 34.6 Å². The molecule has 8 nitrogen and oxygen atoms in total. The number of methoxy groups -OCH3 is 2. The number of nitrogens with one attached hydrogen (secondary N) is 2. The molecule has 5 rings (SSSR count). The first kappa shape index (κ1) is 34.0. The van der Waals surface area contributed by atoms with Crippen molar-refractivity contribution in [3.05, 3.63) is 112 Å². The monoisotopic (exact) mass is 711 g/mol. The second-order valence-electron chi connectivity index (χ2n) is 9.63. The van der Waals surface area contributed by atoms with E-state index < -0.39 is 11.6 Å². The van der Waals surface area contributed by atoms with E-state index in [-0.39, 0.29) is 33.1 Å². The number of hydrogen-bond acceptors (Lipinski definition) is 9. The molecular formula is C33H25Cl2F2N5O3S2. The van der Waals surface area contributed by atoms with Crippen LogP contribution in [0.15, 0.2) is 90.1 Å². The zero-order valence-corrected chi connectivity index (χ0v) is 27.9. The fourth-order valence-electron chi connectivity index (χ4n) is 4.48.